The average Bonchev–Trinajstić information content (AvgIpc) is 1.88. The maximum absolute atomic E-state index is 8.65. The molecule has 0 amide bonds. The molecule has 0 heterocycles. The zero-order chi connectivity index (χ0) is 7.98. The van der Waals surface area contributed by atoms with Crippen molar-refractivity contribution in [1.29, 1.82) is 0 Å². The van der Waals surface area contributed by atoms with Crippen LogP contribution in [0.5, 0.6) is 0 Å². The van der Waals surface area contributed by atoms with E-state index in [-0.39, 0.29) is 12.6 Å². The predicted molar refractivity (Wildman–Crippen MR) is 41.0 cm³/mol. The Kier molecular flexibility index (Phi) is 5.58. The van der Waals surface area contributed by atoms with Crippen molar-refractivity contribution >= 4 is 0 Å². The number of hydrogen-bond donors (Lipinski definition) is 2. The molecule has 2 N–H and O–H groups in total. The first-order valence-corrected chi connectivity index (χ1v) is 3.56. The van der Waals surface area contributed by atoms with Crippen LogP contribution in [0.4, 0.5) is 0 Å². The first-order chi connectivity index (χ1) is 4.70. The molecule has 3 heteroatoms. The van der Waals surface area contributed by atoms with Gasteiger partial charge in [0.05, 0.1) is 13.2 Å². The fraction of sp³-hybridized carbons (Fsp3) is 1.00. The molecule has 0 radical (unpaired) electrons. The van der Waals surface area contributed by atoms with E-state index in [9.17, 15) is 0 Å². The molecule has 0 saturated carbocycles. The quantitative estimate of drug-likeness (QED) is 0.575. The summed E-state index contributed by atoms with van der Waals surface area (Å²) in [4.78, 5) is 0. The van der Waals surface area contributed by atoms with Gasteiger partial charge in [0.1, 0.15) is 0 Å². The zero-order valence-electron chi connectivity index (χ0n) is 6.92. The predicted octanol–water partition coefficient (Wildman–Crippen LogP) is -0.00830. The molecule has 0 spiro atoms. The number of aliphatic hydroxyl groups is 1. The standard InChI is InChI=1S/C7H17NO2/c1-6(4-9)8-7(2)5-10-3/h6-9H,4-5H2,1-3H3/t6-,7?/m0/s1. The molecule has 0 aromatic carbocycles. The molecule has 0 saturated heterocycles. The Balaban J connectivity index is 3.27. The molecule has 0 aliphatic heterocycles. The summed E-state index contributed by atoms with van der Waals surface area (Å²) in [6.07, 6.45) is 0. The summed E-state index contributed by atoms with van der Waals surface area (Å²) < 4.78 is 4.90. The van der Waals surface area contributed by atoms with E-state index in [0.29, 0.717) is 12.6 Å². The Labute approximate surface area is 62.4 Å². The van der Waals surface area contributed by atoms with Gasteiger partial charge in [0.15, 0.2) is 0 Å². The van der Waals surface area contributed by atoms with Crippen molar-refractivity contribution in [3.05, 3.63) is 0 Å². The van der Waals surface area contributed by atoms with Crippen molar-refractivity contribution in [1.82, 2.24) is 5.32 Å². The van der Waals surface area contributed by atoms with Crippen LogP contribution >= 0.6 is 0 Å². The minimum absolute atomic E-state index is 0.158. The molecular weight excluding hydrogens is 130 g/mol. The van der Waals surface area contributed by atoms with Gasteiger partial charge >= 0.3 is 0 Å². The van der Waals surface area contributed by atoms with Crippen LogP contribution in [-0.4, -0.2) is 37.5 Å². The SMILES string of the molecule is COCC(C)N[C@@H](C)CO. The van der Waals surface area contributed by atoms with Crippen LogP contribution in [-0.2, 0) is 4.74 Å². The van der Waals surface area contributed by atoms with Gasteiger partial charge in [-0.05, 0) is 13.8 Å². The van der Waals surface area contributed by atoms with Crippen molar-refractivity contribution in [2.45, 2.75) is 25.9 Å². The average molecular weight is 147 g/mol. The number of ether oxygens (including phenoxy) is 1. The summed E-state index contributed by atoms with van der Waals surface area (Å²) in [5, 5.41) is 11.8. The van der Waals surface area contributed by atoms with E-state index >= 15 is 0 Å². The number of hydrogen-bond acceptors (Lipinski definition) is 3. The second-order valence-corrected chi connectivity index (χ2v) is 2.61. The Morgan fingerprint density at radius 3 is 2.40 bits per heavy atom. The number of nitrogens with one attached hydrogen (secondary N) is 1. The molecule has 1 unspecified atom stereocenters. The number of rotatable bonds is 5. The summed E-state index contributed by atoms with van der Waals surface area (Å²) >= 11 is 0. The molecule has 2 atom stereocenters. The molecule has 0 rings (SSSR count). The summed E-state index contributed by atoms with van der Waals surface area (Å²) in [5.41, 5.74) is 0. The van der Waals surface area contributed by atoms with Crippen LogP contribution in [0.15, 0.2) is 0 Å². The lowest BCUT2D eigenvalue weighted by Crippen LogP contribution is -2.39. The monoisotopic (exact) mass is 147 g/mol. The highest BCUT2D eigenvalue weighted by molar-refractivity contribution is 4.64. The van der Waals surface area contributed by atoms with Crippen LogP contribution in [0.25, 0.3) is 0 Å². The second-order valence-electron chi connectivity index (χ2n) is 2.61. The van der Waals surface area contributed by atoms with Gasteiger partial charge in [-0.25, -0.2) is 0 Å². The van der Waals surface area contributed by atoms with Gasteiger partial charge in [-0.1, -0.05) is 0 Å². The third-order valence-electron chi connectivity index (χ3n) is 1.26. The number of aliphatic hydroxyl groups excluding tert-OH is 1. The van der Waals surface area contributed by atoms with E-state index in [4.69, 9.17) is 9.84 Å². The Hall–Kier alpha value is -0.120. The third-order valence-corrected chi connectivity index (χ3v) is 1.26. The van der Waals surface area contributed by atoms with E-state index < -0.39 is 0 Å². The van der Waals surface area contributed by atoms with Gasteiger partial charge in [0.2, 0.25) is 0 Å². The smallest absolute Gasteiger partial charge is 0.0613 e. The zero-order valence-corrected chi connectivity index (χ0v) is 6.92. The molecule has 0 aliphatic rings. The van der Waals surface area contributed by atoms with Crippen LogP contribution in [0.2, 0.25) is 0 Å². The van der Waals surface area contributed by atoms with Crippen LogP contribution in [0.1, 0.15) is 13.8 Å². The van der Waals surface area contributed by atoms with Gasteiger partial charge in [-0.2, -0.15) is 0 Å². The lowest BCUT2D eigenvalue weighted by molar-refractivity contribution is 0.157. The molecule has 3 nitrogen and oxygen atoms in total. The molecule has 10 heavy (non-hydrogen) atoms. The summed E-state index contributed by atoms with van der Waals surface area (Å²) in [5.74, 6) is 0. The number of methoxy groups -OCH3 is 1. The molecule has 0 aliphatic carbocycles. The molecule has 0 aromatic rings. The van der Waals surface area contributed by atoms with E-state index in [2.05, 4.69) is 5.32 Å². The van der Waals surface area contributed by atoms with Gasteiger partial charge in [-0.15, -0.1) is 0 Å². The van der Waals surface area contributed by atoms with E-state index in [1.807, 2.05) is 13.8 Å². The normalized spacial score (nSPS) is 16.8. The summed E-state index contributed by atoms with van der Waals surface area (Å²) in [6.45, 7) is 4.82. The molecule has 0 fully saturated rings. The van der Waals surface area contributed by atoms with Gasteiger partial charge in [0.25, 0.3) is 0 Å². The Morgan fingerprint density at radius 1 is 1.40 bits per heavy atom. The van der Waals surface area contributed by atoms with E-state index in [1.165, 1.54) is 0 Å². The maximum Gasteiger partial charge on any atom is 0.0613 e. The van der Waals surface area contributed by atoms with E-state index in [1.54, 1.807) is 7.11 Å². The van der Waals surface area contributed by atoms with Crippen molar-refractivity contribution in [3.63, 3.8) is 0 Å². The minimum Gasteiger partial charge on any atom is -0.395 e. The lowest BCUT2D eigenvalue weighted by atomic mass is 10.3. The Bertz CT molecular complexity index is 78.0. The Morgan fingerprint density at radius 2 is 2.00 bits per heavy atom. The highest BCUT2D eigenvalue weighted by Crippen LogP contribution is 1.86. The van der Waals surface area contributed by atoms with Crippen molar-refractivity contribution < 1.29 is 9.84 Å². The first-order valence-electron chi connectivity index (χ1n) is 3.56. The topological polar surface area (TPSA) is 41.5 Å². The maximum atomic E-state index is 8.65. The first kappa shape index (κ1) is 9.88. The van der Waals surface area contributed by atoms with Crippen LogP contribution < -0.4 is 5.32 Å². The lowest BCUT2D eigenvalue weighted by Gasteiger charge is -2.16. The highest BCUT2D eigenvalue weighted by Gasteiger charge is 2.04. The fourth-order valence-electron chi connectivity index (χ4n) is 0.837. The van der Waals surface area contributed by atoms with Crippen LogP contribution in [0, 0.1) is 0 Å². The second kappa shape index (κ2) is 5.65. The summed E-state index contributed by atoms with van der Waals surface area (Å²) in [6, 6.07) is 0.470. The third kappa shape index (κ3) is 4.73. The molecular formula is C7H17NO2. The van der Waals surface area contributed by atoms with Crippen molar-refractivity contribution in [2.24, 2.45) is 0 Å². The van der Waals surface area contributed by atoms with Crippen molar-refractivity contribution in [3.8, 4) is 0 Å². The van der Waals surface area contributed by atoms with Crippen LogP contribution in [0.3, 0.4) is 0 Å². The molecule has 62 valence electrons. The molecule has 0 aromatic heterocycles. The minimum atomic E-state index is 0.158. The van der Waals surface area contributed by atoms with Gasteiger partial charge in [-0.3, -0.25) is 0 Å². The summed E-state index contributed by atoms with van der Waals surface area (Å²) in [7, 11) is 1.67. The van der Waals surface area contributed by atoms with Crippen molar-refractivity contribution in [2.75, 3.05) is 20.3 Å². The molecule has 0 bridgehead atoms. The highest BCUT2D eigenvalue weighted by atomic mass is 16.5. The van der Waals surface area contributed by atoms with Gasteiger partial charge in [0, 0.05) is 19.2 Å². The fourth-order valence-corrected chi connectivity index (χ4v) is 0.837. The largest absolute Gasteiger partial charge is 0.395 e. The van der Waals surface area contributed by atoms with Gasteiger partial charge < -0.3 is 15.2 Å². The van der Waals surface area contributed by atoms with E-state index in [0.717, 1.165) is 0 Å².